The van der Waals surface area contributed by atoms with Crippen molar-refractivity contribution >= 4 is 38.6 Å². The molecule has 10 aromatic carbocycles. The summed E-state index contributed by atoms with van der Waals surface area (Å²) in [6, 6.07) is 38.3. The molecule has 1 heteroatoms. The zero-order chi connectivity index (χ0) is 50.2. The van der Waals surface area contributed by atoms with E-state index in [0.717, 1.165) is 33.0 Å². The Morgan fingerprint density at radius 1 is 0.316 bits per heavy atom. The van der Waals surface area contributed by atoms with E-state index < -0.39 is 88.4 Å². The summed E-state index contributed by atoms with van der Waals surface area (Å²) in [6.45, 7) is 0. The van der Waals surface area contributed by atoms with E-state index in [-0.39, 0.29) is 46.3 Å². The monoisotopic (exact) mass is 739 g/mol. The van der Waals surface area contributed by atoms with E-state index in [4.69, 9.17) is 9.60 Å². The standard InChI is InChI=1S/C56H39N/c1-4-15-40(16-5-1)47-32-38-55(54(39-47)42-17-6-2-7-18-42)57(48-33-27-44(28-34-48)51-26-14-23-41-19-10-12-24-50(41)51)49-35-29-45(30-36-49)53-37-31-43-20-11-13-25-52(43)56(53)46-21-8-3-9-22-46/h1-39H/i10D,12D,14D,19D,23D,24D,26D,27D,28D,32D,33D,34D,38D,39D. The quantitative estimate of drug-likeness (QED) is 0.150. The molecule has 0 saturated carbocycles. The first kappa shape index (κ1) is 22.2. The van der Waals surface area contributed by atoms with Crippen LogP contribution in [0.3, 0.4) is 0 Å². The summed E-state index contributed by atoms with van der Waals surface area (Å²) in [5, 5.41) is 1.25. The van der Waals surface area contributed by atoms with Crippen LogP contribution in [-0.2, 0) is 0 Å². The third-order valence-corrected chi connectivity index (χ3v) is 9.97. The summed E-state index contributed by atoms with van der Waals surface area (Å²) in [7, 11) is 0. The summed E-state index contributed by atoms with van der Waals surface area (Å²) < 4.78 is 129. The highest BCUT2D eigenvalue weighted by Crippen LogP contribution is 2.45. The van der Waals surface area contributed by atoms with Gasteiger partial charge < -0.3 is 4.90 Å². The average molecular weight is 740 g/mol. The number of benzene rings is 10. The average Bonchev–Trinajstić information content (AvgIpc) is 3.39. The molecule has 0 bridgehead atoms. The van der Waals surface area contributed by atoms with Crippen LogP contribution in [-0.4, -0.2) is 0 Å². The molecule has 0 atom stereocenters. The first-order valence-corrected chi connectivity index (χ1v) is 18.5. The molecule has 0 aliphatic rings. The summed E-state index contributed by atoms with van der Waals surface area (Å²) >= 11 is 0. The molecule has 1 nitrogen and oxygen atoms in total. The molecular formula is C56H39N. The first-order chi connectivity index (χ1) is 34.1. The molecule has 0 amide bonds. The molecule has 0 aliphatic carbocycles. The van der Waals surface area contributed by atoms with Crippen molar-refractivity contribution in [3.05, 3.63) is 236 Å². The summed E-state index contributed by atoms with van der Waals surface area (Å²) in [4.78, 5) is 1.36. The maximum Gasteiger partial charge on any atom is 0.0645 e. The lowest BCUT2D eigenvalue weighted by Gasteiger charge is -2.29. The molecule has 0 aromatic heterocycles. The molecular weight excluding hydrogens is 687 g/mol. The van der Waals surface area contributed by atoms with Crippen molar-refractivity contribution in [1.29, 1.82) is 0 Å². The number of rotatable bonds is 8. The molecule has 57 heavy (non-hydrogen) atoms. The Balaban J connectivity index is 1.29. The van der Waals surface area contributed by atoms with Crippen LogP contribution in [0.2, 0.25) is 0 Å². The van der Waals surface area contributed by atoms with Crippen molar-refractivity contribution < 1.29 is 19.2 Å². The van der Waals surface area contributed by atoms with E-state index in [1.165, 1.54) is 4.90 Å². The van der Waals surface area contributed by atoms with Gasteiger partial charge in [-0.05, 0) is 108 Å². The van der Waals surface area contributed by atoms with Crippen molar-refractivity contribution in [2.75, 3.05) is 4.90 Å². The predicted octanol–water partition coefficient (Wildman–Crippen LogP) is 15.8. The van der Waals surface area contributed by atoms with Gasteiger partial charge in [-0.15, -0.1) is 0 Å². The second-order valence-electron chi connectivity index (χ2n) is 13.4. The topological polar surface area (TPSA) is 3.24 Å². The van der Waals surface area contributed by atoms with Crippen LogP contribution in [0.15, 0.2) is 236 Å². The number of anilines is 3. The number of hydrogen-bond acceptors (Lipinski definition) is 1. The van der Waals surface area contributed by atoms with E-state index >= 15 is 0 Å². The van der Waals surface area contributed by atoms with Gasteiger partial charge >= 0.3 is 0 Å². The van der Waals surface area contributed by atoms with E-state index in [1.807, 2.05) is 72.8 Å². The minimum absolute atomic E-state index is 0.0874. The van der Waals surface area contributed by atoms with Crippen LogP contribution < -0.4 is 4.90 Å². The predicted molar refractivity (Wildman–Crippen MR) is 243 cm³/mol. The Hall–Kier alpha value is -7.48. The summed E-state index contributed by atoms with van der Waals surface area (Å²) in [5.41, 5.74) is 3.72. The van der Waals surface area contributed by atoms with Crippen molar-refractivity contribution in [3.8, 4) is 55.6 Å². The molecule has 0 unspecified atom stereocenters. The van der Waals surface area contributed by atoms with Gasteiger partial charge in [-0.3, -0.25) is 0 Å². The molecule has 0 spiro atoms. The molecule has 0 aliphatic heterocycles. The third-order valence-electron chi connectivity index (χ3n) is 9.97. The Morgan fingerprint density at radius 3 is 1.68 bits per heavy atom. The molecule has 0 heterocycles. The second kappa shape index (κ2) is 15.0. The number of nitrogens with zero attached hydrogens (tertiary/aromatic N) is 1. The Labute approximate surface area is 354 Å². The van der Waals surface area contributed by atoms with Crippen molar-refractivity contribution in [3.63, 3.8) is 0 Å². The van der Waals surface area contributed by atoms with Crippen LogP contribution in [0, 0.1) is 0 Å². The third kappa shape index (κ3) is 6.56. The molecule has 0 fully saturated rings. The van der Waals surface area contributed by atoms with Gasteiger partial charge in [0.25, 0.3) is 0 Å². The zero-order valence-electron chi connectivity index (χ0n) is 44.4. The largest absolute Gasteiger partial charge is 0.310 e. The van der Waals surface area contributed by atoms with Crippen LogP contribution in [0.1, 0.15) is 19.2 Å². The van der Waals surface area contributed by atoms with Gasteiger partial charge in [0.2, 0.25) is 0 Å². The summed E-state index contributed by atoms with van der Waals surface area (Å²) in [6.07, 6.45) is 0. The van der Waals surface area contributed by atoms with Crippen molar-refractivity contribution in [1.82, 2.24) is 0 Å². The first-order valence-electron chi connectivity index (χ1n) is 25.5. The number of hydrogen-bond donors (Lipinski definition) is 0. The van der Waals surface area contributed by atoms with Crippen LogP contribution >= 0.6 is 0 Å². The normalized spacial score (nSPS) is 14.6. The van der Waals surface area contributed by atoms with Crippen LogP contribution in [0.4, 0.5) is 17.1 Å². The Kier molecular flexibility index (Phi) is 5.83. The smallest absolute Gasteiger partial charge is 0.0645 e. The van der Waals surface area contributed by atoms with Gasteiger partial charge in [-0.1, -0.05) is 200 Å². The van der Waals surface area contributed by atoms with E-state index in [2.05, 4.69) is 6.07 Å². The van der Waals surface area contributed by atoms with Crippen LogP contribution in [0.5, 0.6) is 0 Å². The fourth-order valence-electron chi connectivity index (χ4n) is 7.26. The SMILES string of the molecule is [2H]c1c([2H])c(N(c2ccc(-c3ccc4ccccc4c3-c3ccccc3)cc2)c2c([2H])c([2H])c(-c3c([2H])c([2H])c([2H])c4c([2H])c([2H])c([2H])c([2H])c34)c([2H])c2[2H])c(-c2ccccc2)c([2H])c1-c1ccccc1. The molecule has 268 valence electrons. The van der Waals surface area contributed by atoms with Gasteiger partial charge in [-0.25, -0.2) is 0 Å². The maximum atomic E-state index is 9.88. The van der Waals surface area contributed by atoms with Crippen LogP contribution in [0.25, 0.3) is 77.2 Å². The lowest BCUT2D eigenvalue weighted by molar-refractivity contribution is 1.28. The fourth-order valence-corrected chi connectivity index (χ4v) is 7.26. The Morgan fingerprint density at radius 2 is 0.930 bits per heavy atom. The Bertz CT molecular complexity index is 3750. The highest BCUT2D eigenvalue weighted by Gasteiger charge is 2.20. The summed E-state index contributed by atoms with van der Waals surface area (Å²) in [5.74, 6) is 0. The van der Waals surface area contributed by atoms with E-state index in [0.29, 0.717) is 11.1 Å². The molecule has 0 saturated heterocycles. The molecule has 0 radical (unpaired) electrons. The van der Waals surface area contributed by atoms with Gasteiger partial charge in [0.1, 0.15) is 0 Å². The van der Waals surface area contributed by atoms with E-state index in [9.17, 15) is 9.60 Å². The second-order valence-corrected chi connectivity index (χ2v) is 13.4. The van der Waals surface area contributed by atoms with Gasteiger partial charge in [0.05, 0.1) is 24.9 Å². The van der Waals surface area contributed by atoms with E-state index in [1.54, 1.807) is 72.8 Å². The van der Waals surface area contributed by atoms with Gasteiger partial charge in [0, 0.05) is 16.9 Å². The molecule has 10 rings (SSSR count). The maximum absolute atomic E-state index is 9.88. The minimum atomic E-state index is -0.739. The minimum Gasteiger partial charge on any atom is -0.310 e. The molecule has 0 N–H and O–H groups in total. The highest BCUT2D eigenvalue weighted by molar-refractivity contribution is 6.04. The highest BCUT2D eigenvalue weighted by atomic mass is 15.1. The molecule has 10 aromatic rings. The van der Waals surface area contributed by atoms with Gasteiger partial charge in [-0.2, -0.15) is 0 Å². The van der Waals surface area contributed by atoms with Crippen molar-refractivity contribution in [2.45, 2.75) is 0 Å². The lowest BCUT2D eigenvalue weighted by Crippen LogP contribution is -2.11. The zero-order valence-corrected chi connectivity index (χ0v) is 30.4. The lowest BCUT2D eigenvalue weighted by atomic mass is 9.89. The van der Waals surface area contributed by atoms with Crippen molar-refractivity contribution in [2.24, 2.45) is 0 Å². The van der Waals surface area contributed by atoms with Gasteiger partial charge in [0.15, 0.2) is 0 Å². The number of fused-ring (bicyclic) bond motifs is 2. The fraction of sp³-hybridized carbons (Fsp3) is 0.